The highest BCUT2D eigenvalue weighted by Gasteiger charge is 2.38. The fraction of sp³-hybridized carbons (Fsp3) is 0.667. The maximum atomic E-state index is 13.5. The van der Waals surface area contributed by atoms with Gasteiger partial charge in [-0.25, -0.2) is 8.42 Å². The summed E-state index contributed by atoms with van der Waals surface area (Å²) in [6.45, 7) is 9.08. The number of aliphatic hydroxyl groups excluding tert-OH is 1. The Morgan fingerprint density at radius 1 is 1.28 bits per heavy atom. The van der Waals surface area contributed by atoms with Crippen molar-refractivity contribution in [3.63, 3.8) is 0 Å². The van der Waals surface area contributed by atoms with E-state index in [1.807, 2.05) is 26.0 Å². The molecule has 1 saturated heterocycles. The van der Waals surface area contributed by atoms with Gasteiger partial charge in [0.05, 0.1) is 6.61 Å². The van der Waals surface area contributed by atoms with Gasteiger partial charge < -0.3 is 19.5 Å². The number of allylic oxidation sites excluding steroid dienone is 1. The Labute approximate surface area is 193 Å². The predicted molar refractivity (Wildman–Crippen MR) is 126 cm³/mol. The first-order chi connectivity index (χ1) is 15.3. The average Bonchev–Trinajstić information content (AvgIpc) is 2.76. The quantitative estimate of drug-likeness (QED) is 0.666. The fourth-order valence-electron chi connectivity index (χ4n) is 4.51. The van der Waals surface area contributed by atoms with Crippen LogP contribution in [-0.2, 0) is 14.8 Å². The van der Waals surface area contributed by atoms with E-state index in [2.05, 4.69) is 11.9 Å². The van der Waals surface area contributed by atoms with Crippen LogP contribution >= 0.6 is 0 Å². The molecular formula is C24H38N2O5S. The lowest BCUT2D eigenvalue weighted by molar-refractivity contribution is 0.0402. The Bertz CT molecular complexity index is 882. The van der Waals surface area contributed by atoms with E-state index in [4.69, 9.17) is 9.47 Å². The second-order valence-electron chi connectivity index (χ2n) is 9.22. The van der Waals surface area contributed by atoms with Crippen molar-refractivity contribution in [3.8, 4) is 5.75 Å². The number of fused-ring (bicyclic) bond motifs is 1. The number of hydrogen-bond donors (Lipinski definition) is 1. The molecule has 0 amide bonds. The summed E-state index contributed by atoms with van der Waals surface area (Å²) in [6.07, 6.45) is 5.81. The molecule has 1 N–H and O–H groups in total. The molecule has 7 nitrogen and oxygen atoms in total. The summed E-state index contributed by atoms with van der Waals surface area (Å²) in [7, 11) is -1.69. The van der Waals surface area contributed by atoms with E-state index in [1.165, 1.54) is 4.31 Å². The lowest BCUT2D eigenvalue weighted by Gasteiger charge is -2.38. The minimum absolute atomic E-state index is 0.0468. The molecule has 32 heavy (non-hydrogen) atoms. The van der Waals surface area contributed by atoms with Gasteiger partial charge in [0.2, 0.25) is 10.0 Å². The highest BCUT2D eigenvalue weighted by atomic mass is 32.2. The number of hydrogen-bond acceptors (Lipinski definition) is 6. The molecule has 2 aliphatic heterocycles. The lowest BCUT2D eigenvalue weighted by atomic mass is 9.98. The summed E-state index contributed by atoms with van der Waals surface area (Å²) < 4.78 is 40.3. The van der Waals surface area contributed by atoms with Crippen LogP contribution in [0.4, 0.5) is 0 Å². The van der Waals surface area contributed by atoms with Crippen LogP contribution in [0.3, 0.4) is 0 Å². The van der Waals surface area contributed by atoms with Crippen LogP contribution in [-0.4, -0.2) is 81.4 Å². The van der Waals surface area contributed by atoms with Gasteiger partial charge >= 0.3 is 0 Å². The smallest absolute Gasteiger partial charge is 0.247 e. The van der Waals surface area contributed by atoms with Crippen molar-refractivity contribution in [2.75, 3.05) is 46.5 Å². The molecule has 0 radical (unpaired) electrons. The number of aliphatic hydroxyl groups is 1. The normalized spacial score (nSPS) is 25.8. The number of rotatable bonds is 7. The van der Waals surface area contributed by atoms with Crippen molar-refractivity contribution in [2.24, 2.45) is 11.8 Å². The molecule has 8 heteroatoms. The molecule has 1 aromatic rings. The van der Waals surface area contributed by atoms with E-state index < -0.39 is 16.1 Å². The van der Waals surface area contributed by atoms with E-state index in [0.717, 1.165) is 38.2 Å². The molecule has 0 aromatic heterocycles. The highest BCUT2D eigenvalue weighted by molar-refractivity contribution is 7.89. The fourth-order valence-corrected chi connectivity index (χ4v) is 6.33. The Hall–Kier alpha value is -1.45. The van der Waals surface area contributed by atoms with E-state index >= 15 is 0 Å². The molecular weight excluding hydrogens is 428 g/mol. The van der Waals surface area contributed by atoms with Gasteiger partial charge in [-0.2, -0.15) is 4.31 Å². The largest absolute Gasteiger partial charge is 0.487 e. The topological polar surface area (TPSA) is 79.3 Å². The van der Waals surface area contributed by atoms with Crippen LogP contribution in [0.15, 0.2) is 29.2 Å². The zero-order chi connectivity index (χ0) is 23.3. The zero-order valence-electron chi connectivity index (χ0n) is 19.7. The van der Waals surface area contributed by atoms with Gasteiger partial charge in [-0.15, -0.1) is 0 Å². The third kappa shape index (κ3) is 5.91. The number of ether oxygens (including phenoxy) is 2. The maximum Gasteiger partial charge on any atom is 0.247 e. The van der Waals surface area contributed by atoms with Crippen LogP contribution in [0, 0.1) is 11.8 Å². The molecule has 1 fully saturated rings. The number of nitrogens with zero attached hydrogens (tertiary/aromatic N) is 2. The first kappa shape index (κ1) is 25.2. The van der Waals surface area contributed by atoms with Gasteiger partial charge in [-0.05, 0) is 57.4 Å². The van der Waals surface area contributed by atoms with E-state index in [1.54, 1.807) is 25.1 Å². The van der Waals surface area contributed by atoms with E-state index in [9.17, 15) is 13.5 Å². The van der Waals surface area contributed by atoms with Gasteiger partial charge in [0.25, 0.3) is 0 Å². The summed E-state index contributed by atoms with van der Waals surface area (Å²) in [5.41, 5.74) is 0.894. The van der Waals surface area contributed by atoms with E-state index in [-0.39, 0.29) is 23.5 Å². The third-order valence-electron chi connectivity index (χ3n) is 6.45. The SMILES string of the molecule is CC=Cc1ccc2c(c1)O[C@@H](CN(C)CC1CCOCC1)[C@H](C)CN([C@@H](C)CO)S2(=O)=O. The molecule has 0 saturated carbocycles. The number of benzene rings is 1. The first-order valence-corrected chi connectivity index (χ1v) is 13.0. The molecule has 3 atom stereocenters. The molecule has 2 heterocycles. The summed E-state index contributed by atoms with van der Waals surface area (Å²) in [5, 5.41) is 9.76. The number of likely N-dealkylation sites (N-methyl/N-ethyl adjacent to an activating group) is 1. The molecule has 0 spiro atoms. The Kier molecular flexibility index (Phi) is 8.75. The summed E-state index contributed by atoms with van der Waals surface area (Å²) in [6, 6.07) is 4.71. The van der Waals surface area contributed by atoms with Crippen molar-refractivity contribution in [3.05, 3.63) is 29.8 Å². The van der Waals surface area contributed by atoms with Crippen molar-refractivity contribution in [1.29, 1.82) is 0 Å². The van der Waals surface area contributed by atoms with E-state index in [0.29, 0.717) is 24.8 Å². The van der Waals surface area contributed by atoms with Crippen molar-refractivity contribution in [2.45, 2.75) is 50.7 Å². The average molecular weight is 467 g/mol. The van der Waals surface area contributed by atoms with Gasteiger partial charge in [0, 0.05) is 44.8 Å². The van der Waals surface area contributed by atoms with Gasteiger partial charge in [-0.3, -0.25) is 0 Å². The first-order valence-electron chi connectivity index (χ1n) is 11.6. The molecule has 0 unspecified atom stereocenters. The predicted octanol–water partition coefficient (Wildman–Crippen LogP) is 2.85. The van der Waals surface area contributed by atoms with Crippen LogP contribution in [0.2, 0.25) is 0 Å². The maximum absolute atomic E-state index is 13.5. The summed E-state index contributed by atoms with van der Waals surface area (Å²) >= 11 is 0. The van der Waals surface area contributed by atoms with Crippen molar-refractivity contribution < 1.29 is 23.0 Å². The molecule has 2 aliphatic rings. The van der Waals surface area contributed by atoms with Crippen LogP contribution in [0.1, 0.15) is 39.2 Å². The van der Waals surface area contributed by atoms with Gasteiger partial charge in [-0.1, -0.05) is 25.1 Å². The second kappa shape index (κ2) is 11.1. The minimum Gasteiger partial charge on any atom is -0.487 e. The lowest BCUT2D eigenvalue weighted by Crippen LogP contribution is -2.50. The Morgan fingerprint density at radius 2 is 2.00 bits per heavy atom. The van der Waals surface area contributed by atoms with Crippen LogP contribution in [0.25, 0.3) is 6.08 Å². The molecule has 0 bridgehead atoms. The third-order valence-corrected chi connectivity index (χ3v) is 8.47. The molecule has 1 aromatic carbocycles. The standard InChI is InChI=1S/C24H38N2O5S/c1-5-6-20-7-8-24-22(13-20)31-23(16-25(4)15-21-9-11-30-12-10-21)18(2)14-26(19(3)17-27)32(24,28)29/h5-8,13,18-19,21,23,27H,9-12,14-17H2,1-4H3/t18-,19+,23+/m1/s1. The molecule has 3 rings (SSSR count). The van der Waals surface area contributed by atoms with Crippen molar-refractivity contribution >= 4 is 16.1 Å². The molecule has 180 valence electrons. The van der Waals surface area contributed by atoms with Crippen LogP contribution < -0.4 is 4.74 Å². The molecule has 0 aliphatic carbocycles. The Balaban J connectivity index is 1.91. The Morgan fingerprint density at radius 3 is 2.66 bits per heavy atom. The highest BCUT2D eigenvalue weighted by Crippen LogP contribution is 2.34. The summed E-state index contributed by atoms with van der Waals surface area (Å²) in [5.74, 6) is 0.943. The van der Waals surface area contributed by atoms with Gasteiger partial charge in [0.15, 0.2) is 0 Å². The summed E-state index contributed by atoms with van der Waals surface area (Å²) in [4.78, 5) is 2.46. The monoisotopic (exact) mass is 466 g/mol. The second-order valence-corrected chi connectivity index (χ2v) is 11.1. The number of sulfonamides is 1. The minimum atomic E-state index is -3.80. The van der Waals surface area contributed by atoms with Gasteiger partial charge in [0.1, 0.15) is 16.7 Å². The van der Waals surface area contributed by atoms with Crippen LogP contribution in [0.5, 0.6) is 5.75 Å². The zero-order valence-corrected chi connectivity index (χ0v) is 20.6. The van der Waals surface area contributed by atoms with Crippen molar-refractivity contribution in [1.82, 2.24) is 9.21 Å².